The summed E-state index contributed by atoms with van der Waals surface area (Å²) < 4.78 is 7.01. The molecule has 1 atom stereocenters. The lowest BCUT2D eigenvalue weighted by atomic mass is 10.3. The fraction of sp³-hybridized carbons (Fsp3) is 0.583. The van der Waals surface area contributed by atoms with Gasteiger partial charge in [0.15, 0.2) is 10.8 Å². The van der Waals surface area contributed by atoms with Gasteiger partial charge < -0.3 is 14.9 Å². The van der Waals surface area contributed by atoms with Crippen LogP contribution in [0.15, 0.2) is 10.2 Å². The number of aliphatic hydroxyl groups excluding tert-OH is 2. The lowest BCUT2D eigenvalue weighted by Gasteiger charge is -2.09. The first-order valence-corrected chi connectivity index (χ1v) is 8.75. The number of aryl methyl sites for hydroxylation is 1. The Morgan fingerprint density at radius 1 is 1.29 bits per heavy atom. The van der Waals surface area contributed by atoms with Crippen molar-refractivity contribution >= 4 is 34.6 Å². The Bertz CT molecular complexity index is 620. The molecule has 1 unspecified atom stereocenters. The second-order valence-corrected chi connectivity index (χ2v) is 5.91. The van der Waals surface area contributed by atoms with E-state index in [0.29, 0.717) is 5.16 Å². The molecule has 0 saturated heterocycles. The van der Waals surface area contributed by atoms with E-state index in [4.69, 9.17) is 9.84 Å². The van der Waals surface area contributed by atoms with Crippen LogP contribution in [0, 0.1) is 6.92 Å². The minimum Gasteiger partial charge on any atom is -0.394 e. The summed E-state index contributed by atoms with van der Waals surface area (Å²) in [5.74, 6) is 0. The van der Waals surface area contributed by atoms with E-state index < -0.39 is 6.10 Å². The van der Waals surface area contributed by atoms with Gasteiger partial charge in [-0.25, -0.2) is 14.6 Å². The summed E-state index contributed by atoms with van der Waals surface area (Å²) in [7, 11) is 0. The van der Waals surface area contributed by atoms with E-state index in [1.165, 1.54) is 11.8 Å². The first-order valence-electron chi connectivity index (χ1n) is 6.30. The second kappa shape index (κ2) is 7.41. The van der Waals surface area contributed by atoms with Crippen molar-refractivity contribution in [2.45, 2.75) is 29.9 Å². The Kier molecular flexibility index (Phi) is 5.82. The van der Waals surface area contributed by atoms with Crippen molar-refractivity contribution in [1.29, 1.82) is 0 Å². The molecule has 7 nitrogen and oxygen atoms in total. The number of thioether (sulfide) groups is 2. The Labute approximate surface area is 131 Å². The monoisotopic (exact) mass is 330 g/mol. The molecule has 0 aromatic carbocycles. The van der Waals surface area contributed by atoms with Crippen molar-refractivity contribution in [3.05, 3.63) is 5.69 Å². The van der Waals surface area contributed by atoms with Crippen LogP contribution in [0.3, 0.4) is 0 Å². The van der Waals surface area contributed by atoms with Crippen LogP contribution in [0.4, 0.5) is 0 Å². The van der Waals surface area contributed by atoms with E-state index in [9.17, 15) is 5.11 Å². The van der Waals surface area contributed by atoms with Crippen molar-refractivity contribution < 1.29 is 14.9 Å². The fourth-order valence-corrected chi connectivity index (χ4v) is 2.89. The molecule has 116 valence electrons. The zero-order chi connectivity index (χ0) is 15.4. The average molecular weight is 330 g/mol. The third kappa shape index (κ3) is 3.67. The summed E-state index contributed by atoms with van der Waals surface area (Å²) in [4.78, 5) is 8.97. The molecule has 0 aliphatic heterocycles. The van der Waals surface area contributed by atoms with Crippen LogP contribution in [-0.4, -0.2) is 61.8 Å². The highest BCUT2D eigenvalue weighted by Crippen LogP contribution is 2.28. The zero-order valence-electron chi connectivity index (χ0n) is 12.1. The van der Waals surface area contributed by atoms with Crippen LogP contribution in [-0.2, 0) is 11.5 Å². The minimum atomic E-state index is -0.883. The number of ether oxygens (including phenoxy) is 1. The summed E-state index contributed by atoms with van der Waals surface area (Å²) in [5, 5.41) is 25.0. The van der Waals surface area contributed by atoms with E-state index in [2.05, 4.69) is 15.1 Å². The predicted octanol–water partition coefficient (Wildman–Crippen LogP) is 0.906. The topological polar surface area (TPSA) is 93.3 Å². The van der Waals surface area contributed by atoms with E-state index in [0.717, 1.165) is 21.8 Å². The van der Waals surface area contributed by atoms with Gasteiger partial charge in [-0.3, -0.25) is 0 Å². The Morgan fingerprint density at radius 3 is 2.67 bits per heavy atom. The maximum absolute atomic E-state index is 9.28. The Balaban J connectivity index is 2.31. The summed E-state index contributed by atoms with van der Waals surface area (Å²) >= 11 is 3.03. The molecule has 0 aliphatic carbocycles. The number of hydrogen-bond acceptors (Lipinski definition) is 8. The van der Waals surface area contributed by atoms with Crippen LogP contribution in [0.1, 0.15) is 5.69 Å². The summed E-state index contributed by atoms with van der Waals surface area (Å²) in [6.45, 7) is 1.80. The van der Waals surface area contributed by atoms with Crippen LogP contribution in [0.2, 0.25) is 0 Å². The van der Waals surface area contributed by atoms with Gasteiger partial charge in [0.1, 0.15) is 17.9 Å². The van der Waals surface area contributed by atoms with Crippen LogP contribution in [0.25, 0.3) is 11.0 Å². The second-order valence-electron chi connectivity index (χ2n) is 4.34. The van der Waals surface area contributed by atoms with E-state index in [1.807, 2.05) is 19.4 Å². The third-order valence-electron chi connectivity index (χ3n) is 2.82. The van der Waals surface area contributed by atoms with Crippen molar-refractivity contribution in [3.8, 4) is 0 Å². The van der Waals surface area contributed by atoms with Crippen LogP contribution in [0.5, 0.6) is 0 Å². The predicted molar refractivity (Wildman–Crippen MR) is 82.7 cm³/mol. The first-order chi connectivity index (χ1) is 10.1. The van der Waals surface area contributed by atoms with Crippen LogP contribution >= 0.6 is 23.5 Å². The fourth-order valence-electron chi connectivity index (χ4n) is 1.85. The van der Waals surface area contributed by atoms with E-state index in [-0.39, 0.29) is 19.9 Å². The van der Waals surface area contributed by atoms with Gasteiger partial charge in [-0.2, -0.15) is 5.10 Å². The molecule has 2 rings (SSSR count). The smallest absolute Gasteiger partial charge is 0.190 e. The molecule has 0 radical (unpaired) electrons. The highest BCUT2D eigenvalue weighted by molar-refractivity contribution is 7.99. The number of aliphatic hydroxyl groups is 2. The van der Waals surface area contributed by atoms with Gasteiger partial charge in [0, 0.05) is 0 Å². The molecule has 0 fully saturated rings. The molecule has 2 N–H and O–H groups in total. The molecule has 0 saturated carbocycles. The maximum atomic E-state index is 9.28. The molecule has 9 heteroatoms. The van der Waals surface area contributed by atoms with Gasteiger partial charge >= 0.3 is 0 Å². The quantitative estimate of drug-likeness (QED) is 0.439. The minimum absolute atomic E-state index is 0.0484. The van der Waals surface area contributed by atoms with Gasteiger partial charge in [0.25, 0.3) is 0 Å². The van der Waals surface area contributed by atoms with Crippen molar-refractivity contribution in [2.75, 3.05) is 25.7 Å². The molecule has 0 bridgehead atoms. The summed E-state index contributed by atoms with van der Waals surface area (Å²) in [5.41, 5.74) is 1.56. The van der Waals surface area contributed by atoms with Gasteiger partial charge in [-0.15, -0.1) is 11.8 Å². The molecule has 0 aliphatic rings. The molecule has 2 aromatic rings. The van der Waals surface area contributed by atoms with Crippen molar-refractivity contribution in [1.82, 2.24) is 19.7 Å². The number of rotatable bonds is 7. The van der Waals surface area contributed by atoms with Crippen molar-refractivity contribution in [2.24, 2.45) is 0 Å². The lowest BCUT2D eigenvalue weighted by molar-refractivity contribution is -0.0194. The Hall–Kier alpha value is -0.870. The highest BCUT2D eigenvalue weighted by atomic mass is 32.2. The van der Waals surface area contributed by atoms with Gasteiger partial charge in [0.2, 0.25) is 0 Å². The van der Waals surface area contributed by atoms with Crippen molar-refractivity contribution in [3.63, 3.8) is 0 Å². The normalized spacial score (nSPS) is 13.0. The van der Waals surface area contributed by atoms with Gasteiger partial charge in [-0.05, 0) is 19.4 Å². The Morgan fingerprint density at radius 2 is 2.05 bits per heavy atom. The zero-order valence-corrected chi connectivity index (χ0v) is 13.7. The average Bonchev–Trinajstić information content (AvgIpc) is 2.82. The molecular formula is C12H18N4O3S2. The molecule has 0 spiro atoms. The molecule has 0 amide bonds. The number of nitrogens with zero attached hydrogens (tertiary/aromatic N) is 4. The van der Waals surface area contributed by atoms with Gasteiger partial charge in [-0.1, -0.05) is 11.8 Å². The molecule has 21 heavy (non-hydrogen) atoms. The summed E-state index contributed by atoms with van der Waals surface area (Å²) in [6, 6.07) is 0. The third-order valence-corrected chi connectivity index (χ3v) is 4.05. The lowest BCUT2D eigenvalue weighted by Crippen LogP contribution is -2.20. The maximum Gasteiger partial charge on any atom is 0.190 e. The molecular weight excluding hydrogens is 312 g/mol. The molecule has 2 aromatic heterocycles. The SMILES string of the molecule is CSc1nc(SC)c2c(C)nn(COCC(O)CO)c2n1. The number of aromatic nitrogens is 4. The standard InChI is InChI=1S/C12H18N4O3S2/c1-7-9-10(13-12(21-3)14-11(9)20-2)16(15-7)6-19-5-8(18)4-17/h8,17-18H,4-6H2,1-3H3. The number of fused-ring (bicyclic) bond motifs is 1. The number of hydrogen-bond donors (Lipinski definition) is 2. The van der Waals surface area contributed by atoms with E-state index in [1.54, 1.807) is 16.4 Å². The first kappa shape index (κ1) is 16.5. The largest absolute Gasteiger partial charge is 0.394 e. The van der Waals surface area contributed by atoms with Gasteiger partial charge in [0.05, 0.1) is 24.3 Å². The summed E-state index contributed by atoms with van der Waals surface area (Å²) in [6.07, 6.45) is 3.01. The van der Waals surface area contributed by atoms with Crippen LogP contribution < -0.4 is 0 Å². The van der Waals surface area contributed by atoms with E-state index >= 15 is 0 Å². The molecule has 2 heterocycles. The highest BCUT2D eigenvalue weighted by Gasteiger charge is 2.16.